The van der Waals surface area contributed by atoms with Crippen molar-refractivity contribution in [3.63, 3.8) is 0 Å². The zero-order valence-corrected chi connectivity index (χ0v) is 11.1. The van der Waals surface area contributed by atoms with Gasteiger partial charge in [-0.2, -0.15) is 0 Å². The Hall–Kier alpha value is -1.11. The minimum atomic E-state index is 0.119. The van der Waals surface area contributed by atoms with Gasteiger partial charge in [0.2, 0.25) is 0 Å². The van der Waals surface area contributed by atoms with Crippen molar-refractivity contribution in [1.29, 1.82) is 0 Å². The van der Waals surface area contributed by atoms with E-state index in [1.807, 2.05) is 13.8 Å². The molecule has 0 aromatic heterocycles. The van der Waals surface area contributed by atoms with E-state index in [-0.39, 0.29) is 5.92 Å². The van der Waals surface area contributed by atoms with Crippen molar-refractivity contribution < 1.29 is 4.79 Å². The topological polar surface area (TPSA) is 17.1 Å². The fourth-order valence-electron chi connectivity index (χ4n) is 1.95. The van der Waals surface area contributed by atoms with Crippen LogP contribution in [0.25, 0.3) is 0 Å². The third kappa shape index (κ3) is 5.67. The molecule has 0 saturated heterocycles. The van der Waals surface area contributed by atoms with E-state index in [4.69, 9.17) is 0 Å². The summed E-state index contributed by atoms with van der Waals surface area (Å²) < 4.78 is 0. The van der Waals surface area contributed by atoms with Crippen LogP contribution in [0.4, 0.5) is 0 Å². The maximum Gasteiger partial charge on any atom is 0.161 e. The predicted molar refractivity (Wildman–Crippen MR) is 73.9 cm³/mol. The first kappa shape index (κ1) is 14.0. The molecule has 0 N–H and O–H groups in total. The molecule has 17 heavy (non-hydrogen) atoms. The highest BCUT2D eigenvalue weighted by Crippen LogP contribution is 2.15. The molecule has 0 amide bonds. The van der Waals surface area contributed by atoms with Gasteiger partial charge in [-0.15, -0.1) is 0 Å². The van der Waals surface area contributed by atoms with E-state index in [0.717, 1.165) is 44.1 Å². The third-order valence-corrected chi connectivity index (χ3v) is 2.98. The summed E-state index contributed by atoms with van der Waals surface area (Å²) in [4.78, 5) is 12.0. The van der Waals surface area contributed by atoms with Gasteiger partial charge in [0.25, 0.3) is 0 Å². The summed E-state index contributed by atoms with van der Waals surface area (Å²) in [5.41, 5.74) is 1.03. The number of hydrogen-bond donors (Lipinski definition) is 0. The molecule has 0 saturated carbocycles. The predicted octanol–water partition coefficient (Wildman–Crippen LogP) is 4.60. The molecule has 0 unspecified atom stereocenters. The van der Waals surface area contributed by atoms with Crippen LogP contribution in [-0.4, -0.2) is 5.78 Å². The Morgan fingerprint density at radius 3 is 2.06 bits per heavy atom. The summed E-state index contributed by atoms with van der Waals surface area (Å²) >= 11 is 0. The van der Waals surface area contributed by atoms with Gasteiger partial charge in [-0.05, 0) is 44.1 Å². The summed E-state index contributed by atoms with van der Waals surface area (Å²) in [6, 6.07) is 0. The van der Waals surface area contributed by atoms with Crippen LogP contribution in [0.2, 0.25) is 0 Å². The maximum atomic E-state index is 12.0. The van der Waals surface area contributed by atoms with E-state index in [1.54, 1.807) is 0 Å². The van der Waals surface area contributed by atoms with Crippen molar-refractivity contribution in [2.45, 2.75) is 52.4 Å². The van der Waals surface area contributed by atoms with Crippen LogP contribution < -0.4 is 0 Å². The number of Topliss-reactive ketones (excluding diaryl/α,β-unsaturated/α-hetero) is 1. The van der Waals surface area contributed by atoms with Crippen molar-refractivity contribution in [3.8, 4) is 0 Å². The molecule has 0 aromatic rings. The lowest BCUT2D eigenvalue weighted by Gasteiger charge is -2.08. The molecule has 1 rings (SSSR count). The second-order valence-corrected chi connectivity index (χ2v) is 4.88. The Bertz CT molecular complexity index is 318. The van der Waals surface area contributed by atoms with Crippen LogP contribution in [0.5, 0.6) is 0 Å². The van der Waals surface area contributed by atoms with Crippen LogP contribution in [0, 0.1) is 5.92 Å². The van der Waals surface area contributed by atoms with Crippen LogP contribution in [0.3, 0.4) is 0 Å². The SMILES string of the molecule is CC(C)C(=O)/C1=C\CC/C=C/CC/C=C/CC1. The summed E-state index contributed by atoms with van der Waals surface area (Å²) in [5.74, 6) is 0.438. The monoisotopic (exact) mass is 232 g/mol. The highest BCUT2D eigenvalue weighted by Gasteiger charge is 2.12. The van der Waals surface area contributed by atoms with Crippen LogP contribution in [0.15, 0.2) is 36.0 Å². The molecule has 94 valence electrons. The highest BCUT2D eigenvalue weighted by molar-refractivity contribution is 5.96. The highest BCUT2D eigenvalue weighted by atomic mass is 16.1. The number of ketones is 1. The molecular weight excluding hydrogens is 208 g/mol. The molecule has 1 nitrogen and oxygen atoms in total. The first-order chi connectivity index (χ1) is 8.22. The molecule has 0 aromatic carbocycles. The average Bonchev–Trinajstić information content (AvgIpc) is 2.29. The number of hydrogen-bond acceptors (Lipinski definition) is 1. The van der Waals surface area contributed by atoms with Gasteiger partial charge in [0, 0.05) is 5.92 Å². The molecule has 0 fully saturated rings. The molecule has 0 spiro atoms. The average molecular weight is 232 g/mol. The van der Waals surface area contributed by atoms with Crippen molar-refractivity contribution >= 4 is 5.78 Å². The molecule has 1 heteroatoms. The van der Waals surface area contributed by atoms with E-state index >= 15 is 0 Å². The van der Waals surface area contributed by atoms with Crippen LogP contribution >= 0.6 is 0 Å². The van der Waals surface area contributed by atoms with E-state index in [2.05, 4.69) is 30.4 Å². The Kier molecular flexibility index (Phi) is 6.61. The minimum absolute atomic E-state index is 0.119. The molecule has 1 aliphatic rings. The van der Waals surface area contributed by atoms with Crippen molar-refractivity contribution in [2.24, 2.45) is 5.92 Å². The first-order valence-electron chi connectivity index (χ1n) is 6.75. The largest absolute Gasteiger partial charge is 0.294 e. The van der Waals surface area contributed by atoms with Crippen LogP contribution in [0.1, 0.15) is 52.4 Å². The summed E-state index contributed by atoms with van der Waals surface area (Å²) in [6.45, 7) is 3.96. The molecule has 0 heterocycles. The van der Waals surface area contributed by atoms with E-state index < -0.39 is 0 Å². The van der Waals surface area contributed by atoms with Crippen molar-refractivity contribution in [3.05, 3.63) is 36.0 Å². The number of carbonyl (C=O) groups is 1. The lowest BCUT2D eigenvalue weighted by molar-refractivity contribution is -0.118. The van der Waals surface area contributed by atoms with E-state index in [9.17, 15) is 4.79 Å². The van der Waals surface area contributed by atoms with Crippen molar-refractivity contribution in [2.75, 3.05) is 0 Å². The normalized spacial score (nSPS) is 25.2. The summed E-state index contributed by atoms with van der Waals surface area (Å²) in [6.07, 6.45) is 17.2. The Labute approximate surface area is 105 Å². The second kappa shape index (κ2) is 8.05. The van der Waals surface area contributed by atoms with Gasteiger partial charge in [-0.25, -0.2) is 0 Å². The fourth-order valence-corrected chi connectivity index (χ4v) is 1.95. The third-order valence-electron chi connectivity index (χ3n) is 2.98. The van der Waals surface area contributed by atoms with E-state index in [0.29, 0.717) is 5.78 Å². The first-order valence-corrected chi connectivity index (χ1v) is 6.75. The molecule has 0 bridgehead atoms. The second-order valence-electron chi connectivity index (χ2n) is 4.88. The zero-order chi connectivity index (χ0) is 12.5. The smallest absolute Gasteiger partial charge is 0.161 e. The number of carbonyl (C=O) groups excluding carboxylic acids is 1. The Morgan fingerprint density at radius 1 is 0.941 bits per heavy atom. The maximum absolute atomic E-state index is 12.0. The van der Waals surface area contributed by atoms with Gasteiger partial charge in [0.1, 0.15) is 0 Å². The molecule has 0 aliphatic heterocycles. The number of allylic oxidation sites excluding steroid dienone is 6. The van der Waals surface area contributed by atoms with Gasteiger partial charge in [-0.3, -0.25) is 4.79 Å². The van der Waals surface area contributed by atoms with Gasteiger partial charge in [0.15, 0.2) is 5.78 Å². The fraction of sp³-hybridized carbons (Fsp3) is 0.562. The molecule has 0 atom stereocenters. The molecular formula is C16H24O. The zero-order valence-electron chi connectivity index (χ0n) is 11.1. The molecule has 0 radical (unpaired) electrons. The Balaban J connectivity index is 2.67. The Morgan fingerprint density at radius 2 is 1.47 bits per heavy atom. The lowest BCUT2D eigenvalue weighted by Crippen LogP contribution is -2.10. The van der Waals surface area contributed by atoms with Gasteiger partial charge < -0.3 is 0 Å². The van der Waals surface area contributed by atoms with Crippen molar-refractivity contribution in [1.82, 2.24) is 0 Å². The van der Waals surface area contributed by atoms with Gasteiger partial charge in [-0.1, -0.05) is 44.2 Å². The summed E-state index contributed by atoms with van der Waals surface area (Å²) in [7, 11) is 0. The lowest BCUT2D eigenvalue weighted by atomic mass is 9.95. The van der Waals surface area contributed by atoms with E-state index in [1.165, 1.54) is 0 Å². The summed E-state index contributed by atoms with van der Waals surface area (Å²) in [5, 5.41) is 0. The number of rotatable bonds is 2. The van der Waals surface area contributed by atoms with Gasteiger partial charge >= 0.3 is 0 Å². The molecule has 1 aliphatic carbocycles. The quantitative estimate of drug-likeness (QED) is 0.636. The van der Waals surface area contributed by atoms with Gasteiger partial charge in [0.05, 0.1) is 0 Å². The van der Waals surface area contributed by atoms with Crippen LogP contribution in [-0.2, 0) is 4.79 Å². The minimum Gasteiger partial charge on any atom is -0.294 e. The standard InChI is InChI=1S/C16H24O/c1-14(2)16(17)15-12-10-8-6-4-3-5-7-9-11-13-15/h4,6-7,9,12,14H,3,5,8,10-11,13H2,1-2H3/b6-4+,9-7+,15-12-.